The summed E-state index contributed by atoms with van der Waals surface area (Å²) in [7, 11) is 1.52. The average molecular weight is 438 g/mol. The van der Waals surface area contributed by atoms with Gasteiger partial charge < -0.3 is 14.8 Å². The van der Waals surface area contributed by atoms with E-state index in [2.05, 4.69) is 21.2 Å². The van der Waals surface area contributed by atoms with Crippen LogP contribution in [-0.4, -0.2) is 25.6 Å². The summed E-state index contributed by atoms with van der Waals surface area (Å²) in [5, 5.41) is 2.95. The van der Waals surface area contributed by atoms with Crippen molar-refractivity contribution in [2.45, 2.75) is 32.6 Å². The van der Waals surface area contributed by atoms with E-state index in [9.17, 15) is 9.59 Å². The van der Waals surface area contributed by atoms with E-state index >= 15 is 0 Å². The average Bonchev–Trinajstić information content (AvgIpc) is 3.00. The van der Waals surface area contributed by atoms with Crippen LogP contribution in [0.25, 0.3) is 0 Å². The standard InChI is InChI=1S/C19H20BrNO4S/c1-3-25-19(23)17-16(12-6-4-5-7-15(12)26-17)21-18(22)13-10-11(20)8-9-14(13)24-2/h8-10H,3-7H2,1-2H3,(H,21,22). The predicted molar refractivity (Wildman–Crippen MR) is 106 cm³/mol. The van der Waals surface area contributed by atoms with Crippen LogP contribution in [0.15, 0.2) is 22.7 Å². The van der Waals surface area contributed by atoms with Crippen LogP contribution in [0.4, 0.5) is 5.69 Å². The maximum Gasteiger partial charge on any atom is 0.350 e. The van der Waals surface area contributed by atoms with Gasteiger partial charge >= 0.3 is 5.97 Å². The fourth-order valence-electron chi connectivity index (χ4n) is 3.08. The highest BCUT2D eigenvalue weighted by molar-refractivity contribution is 9.10. The molecule has 1 heterocycles. The van der Waals surface area contributed by atoms with Gasteiger partial charge in [0.1, 0.15) is 10.6 Å². The minimum Gasteiger partial charge on any atom is -0.496 e. The summed E-state index contributed by atoms with van der Waals surface area (Å²) < 4.78 is 11.3. The SMILES string of the molecule is CCOC(=O)c1sc2c(c1NC(=O)c1cc(Br)ccc1OC)CCCC2. The van der Waals surface area contributed by atoms with Crippen molar-refractivity contribution in [3.05, 3.63) is 43.6 Å². The molecule has 3 rings (SSSR count). The number of amides is 1. The van der Waals surface area contributed by atoms with Crippen molar-refractivity contribution in [3.8, 4) is 5.75 Å². The van der Waals surface area contributed by atoms with Crippen LogP contribution < -0.4 is 10.1 Å². The fourth-order valence-corrected chi connectivity index (χ4v) is 4.68. The van der Waals surface area contributed by atoms with Gasteiger partial charge in [0.15, 0.2) is 0 Å². The number of anilines is 1. The first-order valence-corrected chi connectivity index (χ1v) is 10.1. The van der Waals surface area contributed by atoms with Crippen molar-refractivity contribution >= 4 is 44.8 Å². The van der Waals surface area contributed by atoms with Crippen molar-refractivity contribution in [3.63, 3.8) is 0 Å². The number of ether oxygens (including phenoxy) is 2. The zero-order valence-corrected chi connectivity index (χ0v) is 17.1. The molecule has 1 aliphatic carbocycles. The molecule has 0 spiro atoms. The molecule has 1 aliphatic rings. The minimum absolute atomic E-state index is 0.300. The molecule has 1 aromatic heterocycles. The van der Waals surface area contributed by atoms with Crippen molar-refractivity contribution in [2.24, 2.45) is 0 Å². The van der Waals surface area contributed by atoms with E-state index in [0.717, 1.165) is 40.6 Å². The number of benzene rings is 1. The van der Waals surface area contributed by atoms with Gasteiger partial charge in [-0.1, -0.05) is 15.9 Å². The molecule has 5 nitrogen and oxygen atoms in total. The van der Waals surface area contributed by atoms with Crippen LogP contribution in [0.2, 0.25) is 0 Å². The van der Waals surface area contributed by atoms with Gasteiger partial charge in [-0.25, -0.2) is 4.79 Å². The molecule has 2 aromatic rings. The Morgan fingerprint density at radius 1 is 1.27 bits per heavy atom. The Bertz CT molecular complexity index is 846. The van der Waals surface area contributed by atoms with Crippen molar-refractivity contribution < 1.29 is 19.1 Å². The lowest BCUT2D eigenvalue weighted by atomic mass is 9.97. The first kappa shape index (κ1) is 18.9. The highest BCUT2D eigenvalue weighted by Crippen LogP contribution is 2.39. The summed E-state index contributed by atoms with van der Waals surface area (Å²) >= 11 is 4.81. The molecule has 0 saturated heterocycles. The highest BCUT2D eigenvalue weighted by atomic mass is 79.9. The molecule has 0 bridgehead atoms. The maximum absolute atomic E-state index is 12.9. The Kier molecular flexibility index (Phi) is 5.98. The predicted octanol–water partition coefficient (Wildman–Crippen LogP) is 4.83. The molecule has 1 amide bonds. The summed E-state index contributed by atoms with van der Waals surface area (Å²) in [5.74, 6) is -0.212. The lowest BCUT2D eigenvalue weighted by Gasteiger charge is -2.15. The molecule has 1 N–H and O–H groups in total. The van der Waals surface area contributed by atoms with Gasteiger partial charge in [-0.2, -0.15) is 0 Å². The zero-order valence-electron chi connectivity index (χ0n) is 14.7. The number of carbonyl (C=O) groups is 2. The Balaban J connectivity index is 1.98. The Labute approximate surface area is 164 Å². The lowest BCUT2D eigenvalue weighted by molar-refractivity contribution is 0.0533. The second-order valence-electron chi connectivity index (χ2n) is 5.93. The summed E-state index contributed by atoms with van der Waals surface area (Å²) in [5.41, 5.74) is 2.06. The summed E-state index contributed by atoms with van der Waals surface area (Å²) in [6, 6.07) is 5.25. The fraction of sp³-hybridized carbons (Fsp3) is 0.368. The van der Waals surface area contributed by atoms with E-state index in [4.69, 9.17) is 9.47 Å². The smallest absolute Gasteiger partial charge is 0.350 e. The van der Waals surface area contributed by atoms with Gasteiger partial charge in [0.05, 0.1) is 25.0 Å². The largest absolute Gasteiger partial charge is 0.496 e. The van der Waals surface area contributed by atoms with E-state index in [1.54, 1.807) is 19.1 Å². The molecule has 26 heavy (non-hydrogen) atoms. The number of hydrogen-bond donors (Lipinski definition) is 1. The zero-order chi connectivity index (χ0) is 18.7. The molecular weight excluding hydrogens is 418 g/mol. The van der Waals surface area contributed by atoms with Crippen LogP contribution in [0.5, 0.6) is 5.75 Å². The van der Waals surface area contributed by atoms with Crippen LogP contribution in [0, 0.1) is 0 Å². The van der Waals surface area contributed by atoms with Gasteiger partial charge in [-0.3, -0.25) is 4.79 Å². The molecule has 1 aromatic carbocycles. The molecule has 138 valence electrons. The number of halogens is 1. The van der Waals surface area contributed by atoms with Crippen LogP contribution in [0.3, 0.4) is 0 Å². The molecule has 0 saturated carbocycles. The Hall–Kier alpha value is -1.86. The number of esters is 1. The molecule has 0 unspecified atom stereocenters. The normalized spacial score (nSPS) is 13.0. The third-order valence-corrected chi connectivity index (χ3v) is 6.04. The lowest BCUT2D eigenvalue weighted by Crippen LogP contribution is -2.17. The van der Waals surface area contributed by atoms with Gasteiger partial charge in [-0.15, -0.1) is 11.3 Å². The van der Waals surface area contributed by atoms with Crippen molar-refractivity contribution in [2.75, 3.05) is 19.0 Å². The van der Waals surface area contributed by atoms with Gasteiger partial charge in [-0.05, 0) is 56.4 Å². The van der Waals surface area contributed by atoms with E-state index in [-0.39, 0.29) is 11.9 Å². The maximum atomic E-state index is 12.9. The van der Waals surface area contributed by atoms with Crippen molar-refractivity contribution in [1.29, 1.82) is 0 Å². The summed E-state index contributed by atoms with van der Waals surface area (Å²) in [6.07, 6.45) is 3.94. The van der Waals surface area contributed by atoms with E-state index in [1.807, 2.05) is 6.07 Å². The quantitative estimate of drug-likeness (QED) is 0.680. The first-order chi connectivity index (χ1) is 12.5. The van der Waals surface area contributed by atoms with Gasteiger partial charge in [0.25, 0.3) is 5.91 Å². The number of fused-ring (bicyclic) bond motifs is 1. The first-order valence-electron chi connectivity index (χ1n) is 8.51. The topological polar surface area (TPSA) is 64.6 Å². The van der Waals surface area contributed by atoms with Crippen LogP contribution in [-0.2, 0) is 17.6 Å². The molecule has 0 fully saturated rings. The number of thiophene rings is 1. The number of carbonyl (C=O) groups excluding carboxylic acids is 2. The van der Waals surface area contributed by atoms with Crippen LogP contribution in [0.1, 0.15) is 50.2 Å². The second-order valence-corrected chi connectivity index (χ2v) is 7.96. The molecule has 0 atom stereocenters. The minimum atomic E-state index is -0.386. The van der Waals surface area contributed by atoms with E-state index < -0.39 is 0 Å². The molecule has 0 radical (unpaired) electrons. The molecular formula is C19H20BrNO4S. The molecule has 0 aliphatic heterocycles. The van der Waals surface area contributed by atoms with E-state index in [0.29, 0.717) is 28.5 Å². The van der Waals surface area contributed by atoms with Gasteiger partial charge in [0.2, 0.25) is 0 Å². The number of hydrogen-bond acceptors (Lipinski definition) is 5. The third-order valence-electron chi connectivity index (χ3n) is 4.28. The monoisotopic (exact) mass is 437 g/mol. The Morgan fingerprint density at radius 2 is 2.04 bits per heavy atom. The van der Waals surface area contributed by atoms with E-state index in [1.165, 1.54) is 18.4 Å². The summed E-state index contributed by atoms with van der Waals surface area (Å²) in [4.78, 5) is 26.9. The van der Waals surface area contributed by atoms with Crippen LogP contribution >= 0.6 is 27.3 Å². The number of rotatable bonds is 5. The van der Waals surface area contributed by atoms with Crippen molar-refractivity contribution in [1.82, 2.24) is 0 Å². The summed E-state index contributed by atoms with van der Waals surface area (Å²) in [6.45, 7) is 2.07. The third kappa shape index (κ3) is 3.78. The number of nitrogens with one attached hydrogen (secondary N) is 1. The Morgan fingerprint density at radius 3 is 2.77 bits per heavy atom. The number of aryl methyl sites for hydroxylation is 1. The highest BCUT2D eigenvalue weighted by Gasteiger charge is 2.27. The number of methoxy groups -OCH3 is 1. The molecule has 7 heteroatoms. The van der Waals surface area contributed by atoms with Gasteiger partial charge in [0, 0.05) is 9.35 Å². The second kappa shape index (κ2) is 8.22.